The van der Waals surface area contributed by atoms with E-state index in [1.807, 2.05) is 0 Å². The molecule has 0 unspecified atom stereocenters. The van der Waals surface area contributed by atoms with E-state index in [9.17, 15) is 10.1 Å². The Morgan fingerprint density at radius 1 is 1.50 bits per heavy atom. The summed E-state index contributed by atoms with van der Waals surface area (Å²) in [5.41, 5.74) is 5.62. The SMILES string of the molecule is Nc1ncc(-c2cc([N+](=O)[O-])ccc2Cl)o1. The molecule has 0 aliphatic rings. The first-order chi connectivity index (χ1) is 7.58. The molecule has 0 atom stereocenters. The van der Waals surface area contributed by atoms with E-state index in [-0.39, 0.29) is 11.7 Å². The molecular weight excluding hydrogens is 234 g/mol. The van der Waals surface area contributed by atoms with Gasteiger partial charge in [0.1, 0.15) is 0 Å². The molecule has 16 heavy (non-hydrogen) atoms. The number of oxazole rings is 1. The number of non-ortho nitro benzene ring substituents is 1. The molecular formula is C9H6ClN3O3. The van der Waals surface area contributed by atoms with Gasteiger partial charge in [0.05, 0.1) is 16.1 Å². The van der Waals surface area contributed by atoms with Crippen molar-refractivity contribution in [2.45, 2.75) is 0 Å². The number of rotatable bonds is 2. The van der Waals surface area contributed by atoms with Gasteiger partial charge in [-0.05, 0) is 6.07 Å². The molecule has 0 aliphatic carbocycles. The van der Waals surface area contributed by atoms with Gasteiger partial charge in [-0.1, -0.05) is 11.6 Å². The van der Waals surface area contributed by atoms with E-state index in [0.29, 0.717) is 16.3 Å². The summed E-state index contributed by atoms with van der Waals surface area (Å²) in [6, 6.07) is 4.03. The molecule has 7 heteroatoms. The monoisotopic (exact) mass is 239 g/mol. The fourth-order valence-corrected chi connectivity index (χ4v) is 1.44. The average molecular weight is 240 g/mol. The van der Waals surface area contributed by atoms with Crippen LogP contribution in [0.5, 0.6) is 0 Å². The number of hydrogen-bond donors (Lipinski definition) is 1. The summed E-state index contributed by atoms with van der Waals surface area (Å²) in [6.07, 6.45) is 1.36. The molecule has 1 aromatic heterocycles. The van der Waals surface area contributed by atoms with Gasteiger partial charge in [0.25, 0.3) is 11.7 Å². The van der Waals surface area contributed by atoms with Crippen LogP contribution in [-0.4, -0.2) is 9.91 Å². The van der Waals surface area contributed by atoms with Crippen LogP contribution >= 0.6 is 11.6 Å². The van der Waals surface area contributed by atoms with Gasteiger partial charge in [-0.25, -0.2) is 4.98 Å². The number of nitrogen functional groups attached to an aromatic ring is 1. The van der Waals surface area contributed by atoms with Crippen LogP contribution in [0, 0.1) is 10.1 Å². The minimum atomic E-state index is -0.514. The topological polar surface area (TPSA) is 95.2 Å². The standard InChI is InChI=1S/C9H6ClN3O3/c10-7-2-1-5(13(14)15)3-6(7)8-4-12-9(11)16-8/h1-4H,(H2,11,12). The number of aromatic nitrogens is 1. The number of anilines is 1. The predicted molar refractivity (Wildman–Crippen MR) is 58.0 cm³/mol. The largest absolute Gasteiger partial charge is 0.424 e. The molecule has 0 fully saturated rings. The van der Waals surface area contributed by atoms with Gasteiger partial charge < -0.3 is 10.2 Å². The van der Waals surface area contributed by atoms with Crippen LogP contribution in [0.15, 0.2) is 28.8 Å². The maximum absolute atomic E-state index is 10.6. The minimum Gasteiger partial charge on any atom is -0.424 e. The molecule has 0 saturated carbocycles. The molecule has 1 heterocycles. The highest BCUT2D eigenvalue weighted by atomic mass is 35.5. The lowest BCUT2D eigenvalue weighted by Crippen LogP contribution is -1.88. The Balaban J connectivity index is 2.55. The first-order valence-electron chi connectivity index (χ1n) is 4.23. The Labute approximate surface area is 94.8 Å². The molecule has 82 valence electrons. The third kappa shape index (κ3) is 1.82. The van der Waals surface area contributed by atoms with E-state index in [4.69, 9.17) is 21.8 Å². The van der Waals surface area contributed by atoms with E-state index < -0.39 is 4.92 Å². The first kappa shape index (κ1) is 10.4. The van der Waals surface area contributed by atoms with Crippen molar-refractivity contribution in [2.24, 2.45) is 0 Å². The summed E-state index contributed by atoms with van der Waals surface area (Å²) in [6.45, 7) is 0. The Kier molecular flexibility index (Phi) is 2.49. The van der Waals surface area contributed by atoms with E-state index in [0.717, 1.165) is 0 Å². The lowest BCUT2D eigenvalue weighted by atomic mass is 10.1. The number of nitro benzene ring substituents is 1. The molecule has 2 N–H and O–H groups in total. The average Bonchev–Trinajstić information content (AvgIpc) is 2.65. The fraction of sp³-hybridized carbons (Fsp3) is 0. The summed E-state index contributed by atoms with van der Waals surface area (Å²) in [5, 5.41) is 10.9. The van der Waals surface area contributed by atoms with Crippen LogP contribution in [0.3, 0.4) is 0 Å². The van der Waals surface area contributed by atoms with Crippen molar-refractivity contribution >= 4 is 23.3 Å². The molecule has 6 nitrogen and oxygen atoms in total. The second kappa shape index (κ2) is 3.82. The van der Waals surface area contributed by atoms with Gasteiger partial charge in [0, 0.05) is 17.7 Å². The van der Waals surface area contributed by atoms with Crippen molar-refractivity contribution in [2.75, 3.05) is 5.73 Å². The van der Waals surface area contributed by atoms with Crippen molar-refractivity contribution in [3.05, 3.63) is 39.5 Å². The Morgan fingerprint density at radius 2 is 2.25 bits per heavy atom. The first-order valence-corrected chi connectivity index (χ1v) is 4.61. The highest BCUT2D eigenvalue weighted by molar-refractivity contribution is 6.33. The van der Waals surface area contributed by atoms with E-state index in [2.05, 4.69) is 4.98 Å². The molecule has 2 aromatic rings. The Hall–Kier alpha value is -2.08. The molecule has 0 radical (unpaired) electrons. The summed E-state index contributed by atoms with van der Waals surface area (Å²) < 4.78 is 5.04. The van der Waals surface area contributed by atoms with Crippen molar-refractivity contribution in [1.82, 2.24) is 4.98 Å². The second-order valence-corrected chi connectivity index (χ2v) is 3.39. The van der Waals surface area contributed by atoms with Crippen LogP contribution in [0.4, 0.5) is 11.7 Å². The zero-order valence-electron chi connectivity index (χ0n) is 7.88. The number of halogens is 1. The summed E-state index contributed by atoms with van der Waals surface area (Å²) in [4.78, 5) is 13.8. The maximum Gasteiger partial charge on any atom is 0.292 e. The predicted octanol–water partition coefficient (Wildman–Crippen LogP) is 2.49. The van der Waals surface area contributed by atoms with Gasteiger partial charge in [0.2, 0.25) is 0 Å². The number of benzene rings is 1. The number of nitrogens with zero attached hydrogens (tertiary/aromatic N) is 2. The zero-order valence-corrected chi connectivity index (χ0v) is 8.64. The lowest BCUT2D eigenvalue weighted by Gasteiger charge is -1.99. The van der Waals surface area contributed by atoms with Gasteiger partial charge in [-0.2, -0.15) is 0 Å². The number of nitrogens with two attached hydrogens (primary N) is 1. The molecule has 0 bridgehead atoms. The second-order valence-electron chi connectivity index (χ2n) is 2.98. The quantitative estimate of drug-likeness (QED) is 0.642. The third-order valence-corrected chi connectivity index (χ3v) is 2.28. The molecule has 0 amide bonds. The van der Waals surface area contributed by atoms with Gasteiger partial charge >= 0.3 is 0 Å². The number of nitro groups is 1. The van der Waals surface area contributed by atoms with E-state index >= 15 is 0 Å². The van der Waals surface area contributed by atoms with E-state index in [1.165, 1.54) is 24.4 Å². The summed E-state index contributed by atoms with van der Waals surface area (Å²) in [7, 11) is 0. The Bertz CT molecular complexity index is 553. The van der Waals surface area contributed by atoms with Crippen molar-refractivity contribution in [3.8, 4) is 11.3 Å². The molecule has 2 rings (SSSR count). The highest BCUT2D eigenvalue weighted by Crippen LogP contribution is 2.32. The zero-order chi connectivity index (χ0) is 11.7. The van der Waals surface area contributed by atoms with Crippen molar-refractivity contribution in [3.63, 3.8) is 0 Å². The molecule has 1 aromatic carbocycles. The minimum absolute atomic E-state index is 0.0161. The van der Waals surface area contributed by atoms with Crippen molar-refractivity contribution in [1.29, 1.82) is 0 Å². The fourth-order valence-electron chi connectivity index (χ4n) is 1.23. The third-order valence-electron chi connectivity index (χ3n) is 1.95. The van der Waals surface area contributed by atoms with Crippen LogP contribution in [0.2, 0.25) is 5.02 Å². The van der Waals surface area contributed by atoms with Gasteiger partial charge in [-0.3, -0.25) is 10.1 Å². The number of hydrogen-bond acceptors (Lipinski definition) is 5. The van der Waals surface area contributed by atoms with Crippen LogP contribution in [0.1, 0.15) is 0 Å². The summed E-state index contributed by atoms with van der Waals surface area (Å²) in [5.74, 6) is 0.297. The van der Waals surface area contributed by atoms with Gasteiger partial charge in [-0.15, -0.1) is 0 Å². The van der Waals surface area contributed by atoms with Crippen LogP contribution in [0.25, 0.3) is 11.3 Å². The van der Waals surface area contributed by atoms with Gasteiger partial charge in [0.15, 0.2) is 5.76 Å². The smallest absolute Gasteiger partial charge is 0.292 e. The molecule has 0 saturated heterocycles. The van der Waals surface area contributed by atoms with Crippen LogP contribution < -0.4 is 5.73 Å². The highest BCUT2D eigenvalue weighted by Gasteiger charge is 2.14. The molecule has 0 spiro atoms. The molecule has 0 aliphatic heterocycles. The Morgan fingerprint density at radius 3 is 2.81 bits per heavy atom. The van der Waals surface area contributed by atoms with E-state index in [1.54, 1.807) is 0 Å². The lowest BCUT2D eigenvalue weighted by molar-refractivity contribution is -0.384. The normalized spacial score (nSPS) is 10.3. The summed E-state index contributed by atoms with van der Waals surface area (Å²) >= 11 is 5.89. The van der Waals surface area contributed by atoms with Crippen molar-refractivity contribution < 1.29 is 9.34 Å². The maximum atomic E-state index is 10.6. The van der Waals surface area contributed by atoms with Crippen LogP contribution in [-0.2, 0) is 0 Å².